The zero-order valence-corrected chi connectivity index (χ0v) is 16.9. The molecule has 3 rings (SSSR count). The number of hydrogen-bond donors (Lipinski definition) is 1. The van der Waals surface area contributed by atoms with Crippen LogP contribution in [-0.4, -0.2) is 21.4 Å². The minimum atomic E-state index is -4.02. The highest BCUT2D eigenvalue weighted by molar-refractivity contribution is 7.87. The smallest absolute Gasteiger partial charge is 0.339 e. The number of rotatable bonds is 4. The number of hydrogen-bond acceptors (Lipinski definition) is 5. The maximum atomic E-state index is 11.9. The SMILES string of the molecule is Cc1ccc(S(=O)(=O)O)cc1.Cc1ccc(S(=O)(=O)Oc2ccccc2)cc1. The van der Waals surface area contributed by atoms with Gasteiger partial charge in [0.25, 0.3) is 10.1 Å². The van der Waals surface area contributed by atoms with Crippen molar-refractivity contribution < 1.29 is 25.6 Å². The third kappa shape index (κ3) is 6.49. The van der Waals surface area contributed by atoms with E-state index in [0.717, 1.165) is 11.1 Å². The fourth-order valence-corrected chi connectivity index (χ4v) is 3.48. The average Bonchev–Trinajstić information content (AvgIpc) is 2.63. The summed E-state index contributed by atoms with van der Waals surface area (Å²) in [7, 11) is -7.75. The summed E-state index contributed by atoms with van der Waals surface area (Å²) in [5.74, 6) is 0.313. The minimum Gasteiger partial charge on any atom is -0.379 e. The van der Waals surface area contributed by atoms with Crippen molar-refractivity contribution in [1.29, 1.82) is 0 Å². The lowest BCUT2D eigenvalue weighted by Gasteiger charge is -2.06. The first-order chi connectivity index (χ1) is 13.1. The molecular weight excluding hydrogens is 400 g/mol. The van der Waals surface area contributed by atoms with Gasteiger partial charge in [0.15, 0.2) is 0 Å². The fraction of sp³-hybridized carbons (Fsp3) is 0.100. The van der Waals surface area contributed by atoms with Crippen LogP contribution in [0.1, 0.15) is 11.1 Å². The van der Waals surface area contributed by atoms with E-state index >= 15 is 0 Å². The van der Waals surface area contributed by atoms with Gasteiger partial charge in [-0.25, -0.2) is 0 Å². The van der Waals surface area contributed by atoms with Crippen LogP contribution < -0.4 is 4.18 Å². The molecule has 6 nitrogen and oxygen atoms in total. The largest absolute Gasteiger partial charge is 0.379 e. The lowest BCUT2D eigenvalue weighted by atomic mass is 10.2. The van der Waals surface area contributed by atoms with Crippen LogP contribution in [0, 0.1) is 13.8 Å². The van der Waals surface area contributed by atoms with Crippen molar-refractivity contribution in [3.05, 3.63) is 90.0 Å². The quantitative estimate of drug-likeness (QED) is 0.506. The zero-order valence-electron chi connectivity index (χ0n) is 15.3. The van der Waals surface area contributed by atoms with Crippen LogP contribution >= 0.6 is 0 Å². The van der Waals surface area contributed by atoms with Crippen molar-refractivity contribution in [2.24, 2.45) is 0 Å². The Morgan fingerprint density at radius 3 is 1.50 bits per heavy atom. The van der Waals surface area contributed by atoms with Gasteiger partial charge in [-0.1, -0.05) is 53.6 Å². The second-order valence-corrected chi connectivity index (χ2v) is 8.92. The summed E-state index contributed by atoms with van der Waals surface area (Å²) < 4.78 is 58.3. The first kappa shape index (κ1) is 21.6. The molecule has 0 aliphatic carbocycles. The molecule has 0 unspecified atom stereocenters. The summed E-state index contributed by atoms with van der Waals surface area (Å²) in [6.07, 6.45) is 0. The highest BCUT2D eigenvalue weighted by Crippen LogP contribution is 2.18. The van der Waals surface area contributed by atoms with Gasteiger partial charge in [0.2, 0.25) is 0 Å². The van der Waals surface area contributed by atoms with E-state index in [4.69, 9.17) is 8.74 Å². The second-order valence-electron chi connectivity index (χ2n) is 5.95. The molecule has 0 fully saturated rings. The van der Waals surface area contributed by atoms with Crippen LogP contribution in [0.3, 0.4) is 0 Å². The van der Waals surface area contributed by atoms with Crippen molar-refractivity contribution >= 4 is 20.2 Å². The lowest BCUT2D eigenvalue weighted by Crippen LogP contribution is -2.09. The Labute approximate surface area is 165 Å². The molecule has 0 radical (unpaired) electrons. The molecule has 0 bridgehead atoms. The van der Waals surface area contributed by atoms with Gasteiger partial charge in [-0.2, -0.15) is 16.8 Å². The normalized spacial score (nSPS) is 11.2. The van der Waals surface area contributed by atoms with Crippen LogP contribution in [0.15, 0.2) is 88.7 Å². The summed E-state index contributed by atoms with van der Waals surface area (Å²) >= 11 is 0. The molecule has 0 saturated heterocycles. The first-order valence-corrected chi connectivity index (χ1v) is 11.0. The van der Waals surface area contributed by atoms with Crippen molar-refractivity contribution in [1.82, 2.24) is 0 Å². The molecular formula is C20H20O6S2. The molecule has 0 heterocycles. The molecule has 0 aliphatic rings. The molecule has 0 aliphatic heterocycles. The third-order valence-corrected chi connectivity index (χ3v) is 5.71. The highest BCUT2D eigenvalue weighted by Gasteiger charge is 2.15. The second kappa shape index (κ2) is 9.01. The number of aryl methyl sites for hydroxylation is 2. The zero-order chi connectivity index (χ0) is 20.8. The van der Waals surface area contributed by atoms with E-state index in [1.807, 2.05) is 13.8 Å². The standard InChI is InChI=1S/C13H12O3S.C7H8O3S/c1-11-7-9-13(10-8-11)17(14,15)16-12-5-3-2-4-6-12;1-6-2-4-7(5-3-6)11(8,9)10/h2-10H,1H3;2-5H,1H3,(H,8,9,10). The molecule has 0 saturated carbocycles. The monoisotopic (exact) mass is 420 g/mol. The van der Waals surface area contributed by atoms with E-state index in [2.05, 4.69) is 0 Å². The van der Waals surface area contributed by atoms with Gasteiger partial charge in [-0.05, 0) is 50.2 Å². The lowest BCUT2D eigenvalue weighted by molar-refractivity contribution is 0.482. The minimum absolute atomic E-state index is 0.0666. The van der Waals surface area contributed by atoms with Crippen molar-refractivity contribution in [3.63, 3.8) is 0 Å². The predicted molar refractivity (Wildman–Crippen MR) is 106 cm³/mol. The summed E-state index contributed by atoms with van der Waals surface area (Å²) in [5.41, 5.74) is 1.96. The van der Waals surface area contributed by atoms with E-state index in [-0.39, 0.29) is 9.79 Å². The molecule has 1 N–H and O–H groups in total. The first-order valence-electron chi connectivity index (χ1n) is 8.18. The average molecular weight is 421 g/mol. The topological polar surface area (TPSA) is 97.7 Å². The molecule has 0 aromatic heterocycles. The van der Waals surface area contributed by atoms with Gasteiger partial charge >= 0.3 is 10.1 Å². The van der Waals surface area contributed by atoms with Crippen LogP contribution in [0.5, 0.6) is 5.75 Å². The summed E-state index contributed by atoms with van der Waals surface area (Å²) in [5, 5.41) is 0. The van der Waals surface area contributed by atoms with E-state index in [1.165, 1.54) is 24.3 Å². The van der Waals surface area contributed by atoms with E-state index in [1.54, 1.807) is 54.6 Å². The fourth-order valence-electron chi connectivity index (χ4n) is 2.07. The predicted octanol–water partition coefficient (Wildman–Crippen LogP) is 4.00. The molecule has 148 valence electrons. The van der Waals surface area contributed by atoms with Crippen LogP contribution in [0.2, 0.25) is 0 Å². The Kier molecular flexibility index (Phi) is 6.95. The molecule has 28 heavy (non-hydrogen) atoms. The van der Waals surface area contributed by atoms with Gasteiger partial charge in [0.1, 0.15) is 10.6 Å². The molecule has 3 aromatic rings. The van der Waals surface area contributed by atoms with Crippen LogP contribution in [0.25, 0.3) is 0 Å². The molecule has 0 atom stereocenters. The van der Waals surface area contributed by atoms with Crippen LogP contribution in [-0.2, 0) is 20.2 Å². The Morgan fingerprint density at radius 2 is 1.07 bits per heavy atom. The highest BCUT2D eigenvalue weighted by atomic mass is 32.2. The number of benzene rings is 3. The van der Waals surface area contributed by atoms with E-state index in [9.17, 15) is 16.8 Å². The maximum absolute atomic E-state index is 11.9. The van der Waals surface area contributed by atoms with E-state index in [0.29, 0.717) is 5.75 Å². The Balaban J connectivity index is 0.000000221. The third-order valence-electron chi connectivity index (χ3n) is 3.58. The van der Waals surface area contributed by atoms with Gasteiger partial charge in [-0.15, -0.1) is 0 Å². The Morgan fingerprint density at radius 1 is 0.643 bits per heavy atom. The number of para-hydroxylation sites is 1. The van der Waals surface area contributed by atoms with Crippen molar-refractivity contribution in [3.8, 4) is 5.75 Å². The Bertz CT molecular complexity index is 1100. The molecule has 3 aromatic carbocycles. The van der Waals surface area contributed by atoms with Gasteiger partial charge in [0.05, 0.1) is 4.90 Å². The summed E-state index contributed by atoms with van der Waals surface area (Å²) in [4.78, 5) is 0.0926. The van der Waals surface area contributed by atoms with Crippen LogP contribution in [0.4, 0.5) is 0 Å². The summed E-state index contributed by atoms with van der Waals surface area (Å²) in [6.45, 7) is 3.74. The van der Waals surface area contributed by atoms with Gasteiger partial charge in [-0.3, -0.25) is 4.55 Å². The molecule has 8 heteroatoms. The summed E-state index contributed by atoms with van der Waals surface area (Å²) in [6, 6.07) is 21.0. The van der Waals surface area contributed by atoms with Gasteiger partial charge in [0, 0.05) is 0 Å². The van der Waals surface area contributed by atoms with Crippen molar-refractivity contribution in [2.75, 3.05) is 0 Å². The maximum Gasteiger partial charge on any atom is 0.339 e. The van der Waals surface area contributed by atoms with Gasteiger partial charge < -0.3 is 4.18 Å². The Hall–Kier alpha value is -2.68. The molecule has 0 spiro atoms. The van der Waals surface area contributed by atoms with E-state index < -0.39 is 20.2 Å². The van der Waals surface area contributed by atoms with Crippen molar-refractivity contribution in [2.45, 2.75) is 23.6 Å². The molecule has 0 amide bonds.